The van der Waals surface area contributed by atoms with E-state index in [0.717, 1.165) is 5.56 Å². The highest BCUT2D eigenvalue weighted by Crippen LogP contribution is 2.34. The smallest absolute Gasteiger partial charge is 0.307 e. The van der Waals surface area contributed by atoms with Crippen LogP contribution in [0.25, 0.3) is 0 Å². The topological polar surface area (TPSA) is 26.3 Å². The molecule has 0 aromatic heterocycles. The normalized spacial score (nSPS) is 27.3. The largest absolute Gasteiger partial charge is 0.456 e. The lowest BCUT2D eigenvalue weighted by atomic mass is 10.1. The minimum Gasteiger partial charge on any atom is -0.456 e. The molecule has 3 heteroatoms. The number of carbonyl (C=O) groups excluding carboxylic acids is 1. The molecular weight excluding hydrogens is 232 g/mol. The van der Waals surface area contributed by atoms with Crippen LogP contribution in [0.2, 0.25) is 0 Å². The van der Waals surface area contributed by atoms with Gasteiger partial charge in [0.25, 0.3) is 0 Å². The van der Waals surface area contributed by atoms with E-state index in [-0.39, 0.29) is 16.9 Å². The molecule has 68 valence electrons. The van der Waals surface area contributed by atoms with Gasteiger partial charge in [0.1, 0.15) is 6.10 Å². The molecule has 0 aliphatic carbocycles. The average Bonchev–Trinajstić information content (AvgIpc) is 2.47. The molecule has 0 radical (unpaired) electrons. The molecule has 1 aromatic rings. The van der Waals surface area contributed by atoms with Crippen LogP contribution < -0.4 is 0 Å². The number of carbonyl (C=O) groups is 1. The van der Waals surface area contributed by atoms with Crippen LogP contribution in [0.15, 0.2) is 30.3 Å². The van der Waals surface area contributed by atoms with Crippen LogP contribution in [0.3, 0.4) is 0 Å². The summed E-state index contributed by atoms with van der Waals surface area (Å²) in [7, 11) is 0. The monoisotopic (exact) mass is 240 g/mol. The van der Waals surface area contributed by atoms with Crippen molar-refractivity contribution >= 4 is 21.9 Å². The molecule has 2 rings (SSSR count). The van der Waals surface area contributed by atoms with Crippen LogP contribution in [0.4, 0.5) is 0 Å². The Labute approximate surface area is 85.0 Å². The standard InChI is InChI=1S/C10H9BrO2/c11-8-6-9(12)13-10(8)7-4-2-1-3-5-7/h1-5,8,10H,6H2/t8-,10+/m1/s1. The van der Waals surface area contributed by atoms with Crippen LogP contribution in [0, 0.1) is 0 Å². The van der Waals surface area contributed by atoms with Crippen molar-refractivity contribution in [2.45, 2.75) is 17.4 Å². The fourth-order valence-corrected chi connectivity index (χ4v) is 2.13. The van der Waals surface area contributed by atoms with Crippen molar-refractivity contribution in [1.82, 2.24) is 0 Å². The van der Waals surface area contributed by atoms with Crippen molar-refractivity contribution in [3.8, 4) is 0 Å². The quantitative estimate of drug-likeness (QED) is 0.557. The molecule has 1 aliphatic rings. The molecule has 0 unspecified atom stereocenters. The summed E-state index contributed by atoms with van der Waals surface area (Å²) in [5, 5.41) is 0. The highest BCUT2D eigenvalue weighted by Gasteiger charge is 2.33. The summed E-state index contributed by atoms with van der Waals surface area (Å²) in [4.78, 5) is 11.1. The van der Waals surface area contributed by atoms with Crippen molar-refractivity contribution in [3.63, 3.8) is 0 Å². The highest BCUT2D eigenvalue weighted by molar-refractivity contribution is 9.09. The summed E-state index contributed by atoms with van der Waals surface area (Å²) in [5.41, 5.74) is 1.05. The van der Waals surface area contributed by atoms with E-state index in [1.807, 2.05) is 30.3 Å². The summed E-state index contributed by atoms with van der Waals surface area (Å²) >= 11 is 3.44. The van der Waals surface area contributed by atoms with Gasteiger partial charge in [-0.3, -0.25) is 4.79 Å². The fraction of sp³-hybridized carbons (Fsp3) is 0.300. The Morgan fingerprint density at radius 2 is 2.00 bits per heavy atom. The van der Waals surface area contributed by atoms with Gasteiger partial charge in [-0.2, -0.15) is 0 Å². The first-order chi connectivity index (χ1) is 6.27. The molecule has 1 heterocycles. The van der Waals surface area contributed by atoms with Crippen molar-refractivity contribution < 1.29 is 9.53 Å². The fourth-order valence-electron chi connectivity index (χ4n) is 1.45. The summed E-state index contributed by atoms with van der Waals surface area (Å²) in [5.74, 6) is -0.129. The lowest BCUT2D eigenvalue weighted by Gasteiger charge is -2.12. The lowest BCUT2D eigenvalue weighted by Crippen LogP contribution is -2.05. The van der Waals surface area contributed by atoms with Gasteiger partial charge in [0.15, 0.2) is 0 Å². The lowest BCUT2D eigenvalue weighted by molar-refractivity contribution is -0.141. The molecule has 1 aliphatic heterocycles. The Balaban J connectivity index is 2.23. The zero-order valence-corrected chi connectivity index (χ0v) is 8.53. The molecule has 0 bridgehead atoms. The average molecular weight is 241 g/mol. The predicted molar refractivity (Wildman–Crippen MR) is 52.6 cm³/mol. The third kappa shape index (κ3) is 1.75. The van der Waals surface area contributed by atoms with Gasteiger partial charge >= 0.3 is 5.97 Å². The van der Waals surface area contributed by atoms with Gasteiger partial charge in [-0.05, 0) is 5.56 Å². The molecule has 0 spiro atoms. The number of alkyl halides is 1. The van der Waals surface area contributed by atoms with Crippen molar-refractivity contribution in [2.75, 3.05) is 0 Å². The van der Waals surface area contributed by atoms with Crippen LogP contribution in [0.1, 0.15) is 18.1 Å². The second-order valence-electron chi connectivity index (χ2n) is 3.04. The summed E-state index contributed by atoms with van der Waals surface area (Å²) < 4.78 is 5.17. The maximum atomic E-state index is 11.0. The first kappa shape index (κ1) is 8.75. The first-order valence-electron chi connectivity index (χ1n) is 4.16. The van der Waals surface area contributed by atoms with Gasteiger partial charge in [-0.15, -0.1) is 0 Å². The summed E-state index contributed by atoms with van der Waals surface area (Å²) in [6.07, 6.45) is 0.341. The van der Waals surface area contributed by atoms with E-state index in [0.29, 0.717) is 6.42 Å². The van der Waals surface area contributed by atoms with E-state index in [1.54, 1.807) is 0 Å². The molecule has 1 fully saturated rings. The van der Waals surface area contributed by atoms with E-state index in [1.165, 1.54) is 0 Å². The minimum atomic E-state index is -0.129. The molecule has 2 atom stereocenters. The van der Waals surface area contributed by atoms with Crippen molar-refractivity contribution in [1.29, 1.82) is 0 Å². The van der Waals surface area contributed by atoms with E-state index in [9.17, 15) is 4.79 Å². The number of ether oxygens (including phenoxy) is 1. The molecular formula is C10H9BrO2. The molecule has 0 N–H and O–H groups in total. The zero-order chi connectivity index (χ0) is 9.26. The number of esters is 1. The van der Waals surface area contributed by atoms with Gasteiger partial charge in [0.2, 0.25) is 0 Å². The Morgan fingerprint density at radius 1 is 1.31 bits per heavy atom. The Kier molecular flexibility index (Phi) is 2.36. The summed E-state index contributed by atoms with van der Waals surface area (Å²) in [6.45, 7) is 0. The second-order valence-corrected chi connectivity index (χ2v) is 4.22. The van der Waals surface area contributed by atoms with Crippen LogP contribution in [-0.2, 0) is 9.53 Å². The number of hydrogen-bond acceptors (Lipinski definition) is 2. The first-order valence-corrected chi connectivity index (χ1v) is 5.07. The predicted octanol–water partition coefficient (Wildman–Crippen LogP) is 2.44. The number of rotatable bonds is 1. The van der Waals surface area contributed by atoms with Gasteiger partial charge < -0.3 is 4.74 Å². The Hall–Kier alpha value is -0.830. The third-order valence-electron chi connectivity index (χ3n) is 2.08. The Morgan fingerprint density at radius 3 is 2.54 bits per heavy atom. The van der Waals surface area contributed by atoms with E-state index >= 15 is 0 Å². The molecule has 1 aromatic carbocycles. The molecule has 0 saturated carbocycles. The summed E-state index contributed by atoms with van der Waals surface area (Å²) in [6, 6.07) is 9.78. The van der Waals surface area contributed by atoms with Crippen molar-refractivity contribution in [2.24, 2.45) is 0 Å². The van der Waals surface area contributed by atoms with Gasteiger partial charge in [-0.25, -0.2) is 0 Å². The Bertz CT molecular complexity index is 310. The molecule has 13 heavy (non-hydrogen) atoms. The van der Waals surface area contributed by atoms with E-state index < -0.39 is 0 Å². The second kappa shape index (κ2) is 3.50. The SMILES string of the molecule is O=C1C[C@@H](Br)[C@H](c2ccccc2)O1. The molecule has 2 nitrogen and oxygen atoms in total. The maximum absolute atomic E-state index is 11.0. The van der Waals surface area contributed by atoms with Gasteiger partial charge in [0.05, 0.1) is 11.2 Å². The van der Waals surface area contributed by atoms with Gasteiger partial charge in [-0.1, -0.05) is 46.3 Å². The third-order valence-corrected chi connectivity index (χ3v) is 2.88. The van der Waals surface area contributed by atoms with Crippen molar-refractivity contribution in [3.05, 3.63) is 35.9 Å². The van der Waals surface area contributed by atoms with Crippen LogP contribution in [-0.4, -0.2) is 10.8 Å². The number of cyclic esters (lactones) is 1. The molecule has 1 saturated heterocycles. The van der Waals surface area contributed by atoms with Crippen LogP contribution >= 0.6 is 15.9 Å². The van der Waals surface area contributed by atoms with Crippen LogP contribution in [0.5, 0.6) is 0 Å². The highest BCUT2D eigenvalue weighted by atomic mass is 79.9. The maximum Gasteiger partial charge on any atom is 0.307 e. The van der Waals surface area contributed by atoms with Gasteiger partial charge in [0, 0.05) is 0 Å². The number of benzene rings is 1. The minimum absolute atomic E-state index is 0.113. The van der Waals surface area contributed by atoms with E-state index in [2.05, 4.69) is 15.9 Å². The zero-order valence-electron chi connectivity index (χ0n) is 6.94. The van der Waals surface area contributed by atoms with E-state index in [4.69, 9.17) is 4.74 Å². The number of hydrogen-bond donors (Lipinski definition) is 0. The molecule has 0 amide bonds. The number of halogens is 1.